The smallest absolute Gasteiger partial charge is 0.306 e. The van der Waals surface area contributed by atoms with Gasteiger partial charge in [-0.25, -0.2) is 0 Å². The van der Waals surface area contributed by atoms with Crippen LogP contribution in [0.25, 0.3) is 0 Å². The fourth-order valence-electron chi connectivity index (χ4n) is 8.97. The molecule has 0 bridgehead atoms. The van der Waals surface area contributed by atoms with E-state index in [0.29, 0.717) is 19.3 Å². The second-order valence-corrected chi connectivity index (χ2v) is 21.3. The van der Waals surface area contributed by atoms with E-state index in [0.717, 1.165) is 141 Å². The summed E-state index contributed by atoms with van der Waals surface area (Å²) in [6, 6.07) is 0. The summed E-state index contributed by atoms with van der Waals surface area (Å²) < 4.78 is 16.9. The summed E-state index contributed by atoms with van der Waals surface area (Å²) >= 11 is 0. The third kappa shape index (κ3) is 61.2. The summed E-state index contributed by atoms with van der Waals surface area (Å²) in [5, 5.41) is 0. The molecule has 0 rings (SSSR count). The molecule has 1 unspecified atom stereocenters. The van der Waals surface area contributed by atoms with E-state index in [4.69, 9.17) is 14.2 Å². The fraction of sp³-hybridized carbons (Fsp3) is 0.729. The zero-order valence-electron chi connectivity index (χ0n) is 50.0. The van der Waals surface area contributed by atoms with Gasteiger partial charge >= 0.3 is 17.9 Å². The molecule has 0 aliphatic heterocycles. The van der Waals surface area contributed by atoms with Crippen LogP contribution in [-0.4, -0.2) is 37.2 Å². The van der Waals surface area contributed by atoms with Crippen molar-refractivity contribution in [3.05, 3.63) is 97.2 Å². The topological polar surface area (TPSA) is 78.9 Å². The number of ether oxygens (including phenoxy) is 3. The van der Waals surface area contributed by atoms with Crippen LogP contribution in [0.2, 0.25) is 0 Å². The Bertz CT molecular complexity index is 1490. The second kappa shape index (κ2) is 63.9. The van der Waals surface area contributed by atoms with Crippen molar-refractivity contribution in [1.29, 1.82) is 0 Å². The van der Waals surface area contributed by atoms with Crippen molar-refractivity contribution < 1.29 is 28.6 Å². The molecule has 0 N–H and O–H groups in total. The third-order valence-electron chi connectivity index (χ3n) is 13.8. The highest BCUT2D eigenvalue weighted by Crippen LogP contribution is 2.16. The summed E-state index contributed by atoms with van der Waals surface area (Å²) in [4.78, 5) is 38.3. The molecule has 436 valence electrons. The second-order valence-electron chi connectivity index (χ2n) is 21.3. The lowest BCUT2D eigenvalue weighted by Crippen LogP contribution is -2.30. The molecule has 6 nitrogen and oxygen atoms in total. The van der Waals surface area contributed by atoms with Crippen molar-refractivity contribution in [3.63, 3.8) is 0 Å². The Morgan fingerprint density at radius 3 is 0.855 bits per heavy atom. The normalized spacial score (nSPS) is 12.7. The van der Waals surface area contributed by atoms with Crippen molar-refractivity contribution in [3.8, 4) is 0 Å². The van der Waals surface area contributed by atoms with Crippen molar-refractivity contribution >= 4 is 17.9 Å². The molecule has 0 amide bonds. The molecule has 0 aromatic heterocycles. The summed E-state index contributed by atoms with van der Waals surface area (Å²) in [6.07, 6.45) is 85.6. The average molecular weight is 1060 g/mol. The van der Waals surface area contributed by atoms with Gasteiger partial charge in [-0.05, 0) is 116 Å². The predicted octanol–water partition coefficient (Wildman–Crippen LogP) is 22.0. The summed E-state index contributed by atoms with van der Waals surface area (Å²) in [5.74, 6) is -0.905. The Balaban J connectivity index is 4.24. The maximum atomic E-state index is 12.9. The number of allylic oxidation sites excluding steroid dienone is 16. The number of carbonyl (C=O) groups is 3. The maximum absolute atomic E-state index is 12.9. The molecule has 0 fully saturated rings. The quantitative estimate of drug-likeness (QED) is 0.0261. The van der Waals surface area contributed by atoms with E-state index in [2.05, 4.69) is 118 Å². The molecule has 0 aromatic rings. The first-order valence-corrected chi connectivity index (χ1v) is 32.2. The lowest BCUT2D eigenvalue weighted by molar-refractivity contribution is -0.167. The summed E-state index contributed by atoms with van der Waals surface area (Å²) in [6.45, 7) is 6.45. The minimum absolute atomic E-state index is 0.0860. The molecule has 0 radical (unpaired) electrons. The van der Waals surface area contributed by atoms with Crippen LogP contribution >= 0.6 is 0 Å². The lowest BCUT2D eigenvalue weighted by atomic mass is 10.0. The van der Waals surface area contributed by atoms with Gasteiger partial charge in [-0.3, -0.25) is 14.4 Å². The van der Waals surface area contributed by atoms with Gasteiger partial charge in [0.25, 0.3) is 0 Å². The van der Waals surface area contributed by atoms with Crippen LogP contribution in [0.5, 0.6) is 0 Å². The first-order chi connectivity index (χ1) is 37.5. The zero-order chi connectivity index (χ0) is 55.0. The molecular formula is C70H120O6. The number of hydrogen-bond donors (Lipinski definition) is 0. The van der Waals surface area contributed by atoms with Gasteiger partial charge in [0.2, 0.25) is 0 Å². The van der Waals surface area contributed by atoms with Crippen LogP contribution in [0.3, 0.4) is 0 Å². The van der Waals surface area contributed by atoms with E-state index in [9.17, 15) is 14.4 Å². The van der Waals surface area contributed by atoms with Gasteiger partial charge in [-0.2, -0.15) is 0 Å². The standard InChI is InChI=1S/C70H120O6/c1-4-7-10-13-16-19-22-25-27-29-30-31-32-33-34-35-36-37-38-39-40-41-43-45-48-51-54-57-60-63-69(72)75-66-67(65-74-68(71)62-59-56-53-50-47-44-24-21-18-15-12-9-6-3)76-70(73)64-61-58-55-52-49-46-42-28-26-23-20-17-14-11-8-5-2/h7,10,12,15-16,19-21,23-25,27-28,30-31,42,67H,4-6,8-9,11,13-14,17-18,22,26,29,32-41,43-66H2,1-3H3/b10-7-,15-12-,19-16-,23-20-,24-21-,27-25-,31-30-,42-28-. The van der Waals surface area contributed by atoms with Crippen LogP contribution < -0.4 is 0 Å². The molecule has 0 spiro atoms. The van der Waals surface area contributed by atoms with Crippen LogP contribution in [0.15, 0.2) is 97.2 Å². The van der Waals surface area contributed by atoms with E-state index in [1.54, 1.807) is 0 Å². The van der Waals surface area contributed by atoms with Gasteiger partial charge in [-0.1, -0.05) is 272 Å². The lowest BCUT2D eigenvalue weighted by Gasteiger charge is -2.18. The molecule has 6 heteroatoms. The van der Waals surface area contributed by atoms with E-state index in [-0.39, 0.29) is 31.1 Å². The largest absolute Gasteiger partial charge is 0.462 e. The van der Waals surface area contributed by atoms with Crippen LogP contribution in [0.4, 0.5) is 0 Å². The minimum Gasteiger partial charge on any atom is -0.462 e. The van der Waals surface area contributed by atoms with Crippen molar-refractivity contribution in [2.45, 2.75) is 316 Å². The van der Waals surface area contributed by atoms with Gasteiger partial charge in [-0.15, -0.1) is 0 Å². The van der Waals surface area contributed by atoms with Crippen molar-refractivity contribution in [1.82, 2.24) is 0 Å². The summed E-state index contributed by atoms with van der Waals surface area (Å²) in [7, 11) is 0. The zero-order valence-corrected chi connectivity index (χ0v) is 50.0. The van der Waals surface area contributed by atoms with Crippen molar-refractivity contribution in [2.75, 3.05) is 13.2 Å². The van der Waals surface area contributed by atoms with Gasteiger partial charge in [0.05, 0.1) is 0 Å². The van der Waals surface area contributed by atoms with E-state index in [1.165, 1.54) is 128 Å². The van der Waals surface area contributed by atoms with Gasteiger partial charge in [0.1, 0.15) is 13.2 Å². The van der Waals surface area contributed by atoms with E-state index in [1.807, 2.05) is 0 Å². The number of hydrogen-bond acceptors (Lipinski definition) is 6. The Morgan fingerprint density at radius 2 is 0.539 bits per heavy atom. The molecule has 0 saturated carbocycles. The molecule has 0 aliphatic rings. The molecule has 0 aromatic carbocycles. The SMILES string of the molecule is CC/C=C\C/C=C\C/C=C\C/C=C\CCCCCCCCCCCCCCCCCCC(=O)OCC(COC(=O)CCCCCCC/C=C\C/C=C\CCC)OC(=O)CCCCCCC/C=C\C/C=C\CCCCCC. The number of unbranched alkanes of at least 4 members (excludes halogenated alkanes) is 31. The monoisotopic (exact) mass is 1060 g/mol. The third-order valence-corrected chi connectivity index (χ3v) is 13.8. The highest BCUT2D eigenvalue weighted by atomic mass is 16.6. The highest BCUT2D eigenvalue weighted by Gasteiger charge is 2.19. The first kappa shape index (κ1) is 72.3. The molecule has 1 atom stereocenters. The van der Waals surface area contributed by atoms with Crippen LogP contribution in [0.1, 0.15) is 310 Å². The first-order valence-electron chi connectivity index (χ1n) is 32.2. The van der Waals surface area contributed by atoms with E-state index >= 15 is 0 Å². The molecular weight excluding hydrogens is 937 g/mol. The van der Waals surface area contributed by atoms with E-state index < -0.39 is 6.10 Å². The van der Waals surface area contributed by atoms with Gasteiger partial charge in [0, 0.05) is 19.3 Å². The van der Waals surface area contributed by atoms with Crippen LogP contribution in [-0.2, 0) is 28.6 Å². The maximum Gasteiger partial charge on any atom is 0.306 e. The minimum atomic E-state index is -0.791. The Morgan fingerprint density at radius 1 is 0.276 bits per heavy atom. The Kier molecular flexibility index (Phi) is 60.8. The van der Waals surface area contributed by atoms with Gasteiger partial charge in [0.15, 0.2) is 6.10 Å². The van der Waals surface area contributed by atoms with Gasteiger partial charge < -0.3 is 14.2 Å². The Hall–Kier alpha value is -3.67. The molecule has 76 heavy (non-hydrogen) atoms. The fourth-order valence-corrected chi connectivity index (χ4v) is 8.97. The number of rotatable bonds is 58. The Labute approximate surface area is 470 Å². The molecule has 0 saturated heterocycles. The number of carbonyl (C=O) groups excluding carboxylic acids is 3. The summed E-state index contributed by atoms with van der Waals surface area (Å²) in [5.41, 5.74) is 0. The average Bonchev–Trinajstić information content (AvgIpc) is 3.42. The molecule has 0 heterocycles. The number of esters is 3. The highest BCUT2D eigenvalue weighted by molar-refractivity contribution is 5.71. The van der Waals surface area contributed by atoms with Crippen molar-refractivity contribution in [2.24, 2.45) is 0 Å². The molecule has 0 aliphatic carbocycles. The predicted molar refractivity (Wildman–Crippen MR) is 330 cm³/mol. The van der Waals surface area contributed by atoms with Crippen LogP contribution in [0, 0.1) is 0 Å².